The van der Waals surface area contributed by atoms with Gasteiger partial charge in [-0.3, -0.25) is 19.7 Å². The molecule has 0 radical (unpaired) electrons. The Hall–Kier alpha value is -3.81. The molecule has 1 aromatic heterocycles. The third kappa shape index (κ3) is 4.47. The molecule has 0 fully saturated rings. The predicted molar refractivity (Wildman–Crippen MR) is 101 cm³/mol. The molecule has 142 valence electrons. The lowest BCUT2D eigenvalue weighted by atomic mass is 10.1. The number of para-hydroxylation sites is 1. The number of Topliss-reactive ketones (excluding diaryl/α,β-unsaturated/α-hetero) is 1. The highest BCUT2D eigenvalue weighted by Gasteiger charge is 2.17. The first-order valence-electron chi connectivity index (χ1n) is 8.48. The van der Waals surface area contributed by atoms with Crippen molar-refractivity contribution in [2.75, 3.05) is 6.61 Å². The second-order valence-corrected chi connectivity index (χ2v) is 6.13. The SMILES string of the molecule is CC(=O)COC(=O)Cc1cn(-c2ccccc2)nc1-c1ccc([N+](=O)[O-])cc1. The number of carbonyl (C=O) groups is 2. The van der Waals surface area contributed by atoms with Crippen molar-refractivity contribution in [2.45, 2.75) is 13.3 Å². The summed E-state index contributed by atoms with van der Waals surface area (Å²) in [5.74, 6) is -0.796. The van der Waals surface area contributed by atoms with Gasteiger partial charge >= 0.3 is 5.97 Å². The van der Waals surface area contributed by atoms with Crippen molar-refractivity contribution in [1.82, 2.24) is 9.78 Å². The summed E-state index contributed by atoms with van der Waals surface area (Å²) in [6, 6.07) is 15.3. The molecule has 3 aromatic rings. The lowest BCUT2D eigenvalue weighted by Crippen LogP contribution is -2.13. The minimum atomic E-state index is -0.550. The summed E-state index contributed by atoms with van der Waals surface area (Å²) in [4.78, 5) is 33.5. The first kappa shape index (κ1) is 19.0. The fraction of sp³-hybridized carbons (Fsp3) is 0.150. The smallest absolute Gasteiger partial charge is 0.310 e. The molecule has 8 heteroatoms. The van der Waals surface area contributed by atoms with Gasteiger partial charge in [0.2, 0.25) is 0 Å². The maximum atomic E-state index is 12.1. The van der Waals surface area contributed by atoms with Crippen molar-refractivity contribution in [1.29, 1.82) is 0 Å². The topological polar surface area (TPSA) is 104 Å². The van der Waals surface area contributed by atoms with E-state index in [-0.39, 0.29) is 24.5 Å². The first-order chi connectivity index (χ1) is 13.4. The number of hydrogen-bond donors (Lipinski definition) is 0. The fourth-order valence-corrected chi connectivity index (χ4v) is 2.62. The van der Waals surface area contributed by atoms with Crippen molar-refractivity contribution in [3.05, 3.63) is 76.5 Å². The number of aromatic nitrogens is 2. The number of carbonyl (C=O) groups excluding carboxylic acids is 2. The molecule has 0 aliphatic rings. The van der Waals surface area contributed by atoms with Crippen molar-refractivity contribution >= 4 is 17.4 Å². The molecule has 0 aliphatic carbocycles. The van der Waals surface area contributed by atoms with Crippen molar-refractivity contribution < 1.29 is 19.2 Å². The molecular weight excluding hydrogens is 362 g/mol. The second kappa shape index (κ2) is 8.26. The number of hydrogen-bond acceptors (Lipinski definition) is 6. The highest BCUT2D eigenvalue weighted by molar-refractivity contribution is 5.82. The summed E-state index contributed by atoms with van der Waals surface area (Å²) in [6.45, 7) is 1.06. The minimum absolute atomic E-state index is 0.0336. The first-order valence-corrected chi connectivity index (χ1v) is 8.48. The number of nitro benzene ring substituents is 1. The summed E-state index contributed by atoms with van der Waals surface area (Å²) in [6.07, 6.45) is 1.63. The Balaban J connectivity index is 1.96. The normalized spacial score (nSPS) is 10.5. The average molecular weight is 379 g/mol. The van der Waals surface area contributed by atoms with Crippen LogP contribution < -0.4 is 0 Å². The molecular formula is C20H17N3O5. The van der Waals surface area contributed by atoms with E-state index in [1.54, 1.807) is 23.0 Å². The number of nitrogens with zero attached hydrogens (tertiary/aromatic N) is 3. The molecule has 1 heterocycles. The average Bonchev–Trinajstić information content (AvgIpc) is 3.11. The van der Waals surface area contributed by atoms with Gasteiger partial charge in [-0.1, -0.05) is 18.2 Å². The highest BCUT2D eigenvalue weighted by Crippen LogP contribution is 2.26. The Bertz CT molecular complexity index is 1010. The summed E-state index contributed by atoms with van der Waals surface area (Å²) in [5.41, 5.74) is 2.50. The van der Waals surface area contributed by atoms with Gasteiger partial charge in [0.15, 0.2) is 5.78 Å². The summed E-state index contributed by atoms with van der Waals surface area (Å²) in [7, 11) is 0. The summed E-state index contributed by atoms with van der Waals surface area (Å²) >= 11 is 0. The molecule has 3 rings (SSSR count). The van der Waals surface area contributed by atoms with Crippen molar-refractivity contribution in [3.63, 3.8) is 0 Å². The van der Waals surface area contributed by atoms with E-state index in [9.17, 15) is 19.7 Å². The van der Waals surface area contributed by atoms with E-state index in [2.05, 4.69) is 5.10 Å². The van der Waals surface area contributed by atoms with Gasteiger partial charge in [0.25, 0.3) is 5.69 Å². The van der Waals surface area contributed by atoms with E-state index in [1.807, 2.05) is 30.3 Å². The van der Waals surface area contributed by atoms with Crippen molar-refractivity contribution in [3.8, 4) is 16.9 Å². The zero-order valence-corrected chi connectivity index (χ0v) is 15.1. The molecule has 0 atom stereocenters. The van der Waals surface area contributed by atoms with E-state index in [1.165, 1.54) is 19.1 Å². The van der Waals surface area contributed by atoms with Crippen LogP contribution in [0.4, 0.5) is 5.69 Å². The largest absolute Gasteiger partial charge is 0.457 e. The Morgan fingerprint density at radius 1 is 1.11 bits per heavy atom. The van der Waals surface area contributed by atoms with Crippen LogP contribution in [0.1, 0.15) is 12.5 Å². The van der Waals surface area contributed by atoms with Crippen LogP contribution in [0.5, 0.6) is 0 Å². The molecule has 0 unspecified atom stereocenters. The van der Waals surface area contributed by atoms with Crippen LogP contribution in [0.2, 0.25) is 0 Å². The Morgan fingerprint density at radius 2 is 1.79 bits per heavy atom. The third-order valence-electron chi connectivity index (χ3n) is 3.93. The molecule has 28 heavy (non-hydrogen) atoms. The van der Waals surface area contributed by atoms with Gasteiger partial charge < -0.3 is 4.74 Å². The van der Waals surface area contributed by atoms with Crippen LogP contribution in [-0.4, -0.2) is 33.1 Å². The number of esters is 1. The van der Waals surface area contributed by atoms with Crippen LogP contribution >= 0.6 is 0 Å². The molecule has 0 saturated carbocycles. The number of ketones is 1. The summed E-state index contributed by atoms with van der Waals surface area (Å²) < 4.78 is 6.58. The van der Waals surface area contributed by atoms with Gasteiger partial charge in [-0.15, -0.1) is 0 Å². The Morgan fingerprint density at radius 3 is 2.39 bits per heavy atom. The van der Waals surface area contributed by atoms with Gasteiger partial charge in [0, 0.05) is 29.5 Å². The second-order valence-electron chi connectivity index (χ2n) is 6.13. The number of ether oxygens (including phenoxy) is 1. The molecule has 0 amide bonds. The molecule has 0 bridgehead atoms. The van der Waals surface area contributed by atoms with Gasteiger partial charge in [-0.2, -0.15) is 5.10 Å². The van der Waals surface area contributed by atoms with E-state index in [4.69, 9.17) is 4.74 Å². The minimum Gasteiger partial charge on any atom is -0.457 e. The zero-order valence-electron chi connectivity index (χ0n) is 15.1. The maximum absolute atomic E-state index is 12.1. The monoisotopic (exact) mass is 379 g/mol. The van der Waals surface area contributed by atoms with Crippen LogP contribution in [0, 0.1) is 10.1 Å². The predicted octanol–water partition coefficient (Wildman–Crippen LogP) is 3.12. The van der Waals surface area contributed by atoms with E-state index in [0.717, 1.165) is 5.69 Å². The Labute approximate surface area is 160 Å². The molecule has 0 aliphatic heterocycles. The quantitative estimate of drug-likeness (QED) is 0.355. The Kier molecular flexibility index (Phi) is 5.59. The van der Waals surface area contributed by atoms with Crippen LogP contribution in [0.15, 0.2) is 60.8 Å². The van der Waals surface area contributed by atoms with E-state index >= 15 is 0 Å². The standard InChI is InChI=1S/C20H17N3O5/c1-14(24)13-28-19(25)11-16-12-22(17-5-3-2-4-6-17)21-20(16)15-7-9-18(10-8-15)23(26)27/h2-10,12H,11,13H2,1H3. The zero-order chi connectivity index (χ0) is 20.1. The van der Waals surface area contributed by atoms with Gasteiger partial charge in [-0.05, 0) is 31.2 Å². The number of non-ortho nitro benzene ring substituents is 1. The van der Waals surface area contributed by atoms with Gasteiger partial charge in [-0.25, -0.2) is 4.68 Å². The lowest BCUT2D eigenvalue weighted by Gasteiger charge is -2.03. The maximum Gasteiger partial charge on any atom is 0.310 e. The molecule has 0 N–H and O–H groups in total. The van der Waals surface area contributed by atoms with Crippen LogP contribution in [0.25, 0.3) is 16.9 Å². The van der Waals surface area contributed by atoms with Crippen LogP contribution in [0.3, 0.4) is 0 Å². The third-order valence-corrected chi connectivity index (χ3v) is 3.93. The molecule has 0 saturated heterocycles. The molecule has 2 aromatic carbocycles. The summed E-state index contributed by atoms with van der Waals surface area (Å²) in [5, 5.41) is 15.4. The number of benzene rings is 2. The van der Waals surface area contributed by atoms with Gasteiger partial charge in [0.1, 0.15) is 6.61 Å². The van der Waals surface area contributed by atoms with E-state index < -0.39 is 10.9 Å². The van der Waals surface area contributed by atoms with Crippen LogP contribution in [-0.2, 0) is 20.7 Å². The molecule has 0 spiro atoms. The highest BCUT2D eigenvalue weighted by atomic mass is 16.6. The number of rotatable bonds is 7. The van der Waals surface area contributed by atoms with Gasteiger partial charge in [0.05, 0.1) is 22.7 Å². The number of nitro groups is 1. The lowest BCUT2D eigenvalue weighted by molar-refractivity contribution is -0.384. The van der Waals surface area contributed by atoms with Crippen molar-refractivity contribution in [2.24, 2.45) is 0 Å². The molecule has 8 nitrogen and oxygen atoms in total. The van der Waals surface area contributed by atoms with E-state index in [0.29, 0.717) is 16.8 Å². The fourth-order valence-electron chi connectivity index (χ4n) is 2.62.